The van der Waals surface area contributed by atoms with Crippen molar-refractivity contribution in [2.75, 3.05) is 5.32 Å². The van der Waals surface area contributed by atoms with Crippen LogP contribution < -0.4 is 10.1 Å². The number of hydrogen-bond donors (Lipinski definition) is 1. The van der Waals surface area contributed by atoms with Gasteiger partial charge in [0.25, 0.3) is 0 Å². The summed E-state index contributed by atoms with van der Waals surface area (Å²) in [5, 5.41) is 5.67. The van der Waals surface area contributed by atoms with Crippen LogP contribution in [0.4, 0.5) is 11.5 Å². The molecule has 4 nitrogen and oxygen atoms in total. The summed E-state index contributed by atoms with van der Waals surface area (Å²) in [4.78, 5) is 11.1. The van der Waals surface area contributed by atoms with Gasteiger partial charge in [0, 0.05) is 20.5 Å². The van der Waals surface area contributed by atoms with Crippen LogP contribution in [-0.4, -0.2) is 9.97 Å². The fraction of sp³-hybridized carbons (Fsp3) is 0.0400. The smallest absolute Gasteiger partial charge is 0.151 e. The topological polar surface area (TPSA) is 47.0 Å². The Hall–Kier alpha value is -3.12. The molecule has 0 aliphatic rings. The van der Waals surface area contributed by atoms with Gasteiger partial charge in [0.2, 0.25) is 0 Å². The highest BCUT2D eigenvalue weighted by Gasteiger charge is 2.18. The molecule has 2 aromatic heterocycles. The molecule has 0 radical (unpaired) electrons. The monoisotopic (exact) mass is 477 g/mol. The van der Waals surface area contributed by atoms with Gasteiger partial charge in [0.15, 0.2) is 5.75 Å². The first-order valence-corrected chi connectivity index (χ1v) is 11.5. The van der Waals surface area contributed by atoms with Crippen LogP contribution in [0.5, 0.6) is 11.5 Å². The van der Waals surface area contributed by atoms with E-state index in [0.717, 1.165) is 32.0 Å². The highest BCUT2D eigenvalue weighted by Crippen LogP contribution is 2.42. The number of nitrogens with zero attached hydrogens (tertiary/aromatic N) is 2. The molecule has 0 fully saturated rings. The molecule has 7 heteroatoms. The van der Waals surface area contributed by atoms with E-state index < -0.39 is 0 Å². The molecule has 0 aliphatic heterocycles. The number of benzene rings is 3. The van der Waals surface area contributed by atoms with E-state index >= 15 is 0 Å². The summed E-state index contributed by atoms with van der Waals surface area (Å²) in [7, 11) is 0. The molecule has 5 aromatic rings. The summed E-state index contributed by atoms with van der Waals surface area (Å²) in [6.45, 7) is 2.09. The molecular formula is C25H17Cl2N3OS. The highest BCUT2D eigenvalue weighted by molar-refractivity contribution is 7.19. The quantitative estimate of drug-likeness (QED) is 0.275. The summed E-state index contributed by atoms with van der Waals surface area (Å²) in [5.41, 5.74) is 2.85. The van der Waals surface area contributed by atoms with E-state index in [4.69, 9.17) is 27.9 Å². The van der Waals surface area contributed by atoms with Crippen LogP contribution in [0.1, 0.15) is 4.88 Å². The SMILES string of the molecule is Cc1sc2ncnc(Nc3cc(Cl)ccc3Oc3ccccc3)c2c1-c1ccc(Cl)cc1. The molecule has 0 spiro atoms. The van der Waals surface area contributed by atoms with Crippen molar-refractivity contribution in [1.29, 1.82) is 0 Å². The Bertz CT molecular complexity index is 1400. The number of para-hydroxylation sites is 1. The van der Waals surface area contributed by atoms with Crippen molar-refractivity contribution in [3.8, 4) is 22.6 Å². The second-order valence-corrected chi connectivity index (χ2v) is 9.20. The predicted molar refractivity (Wildman–Crippen MR) is 134 cm³/mol. The lowest BCUT2D eigenvalue weighted by Crippen LogP contribution is -1.98. The first-order valence-electron chi connectivity index (χ1n) is 9.88. The largest absolute Gasteiger partial charge is 0.455 e. The van der Waals surface area contributed by atoms with E-state index in [1.807, 2.05) is 66.7 Å². The Morgan fingerprint density at radius 2 is 1.62 bits per heavy atom. The predicted octanol–water partition coefficient (Wildman–Crippen LogP) is 8.51. The molecule has 0 saturated carbocycles. The van der Waals surface area contributed by atoms with Gasteiger partial charge in [-0.05, 0) is 55.0 Å². The molecule has 0 saturated heterocycles. The number of rotatable bonds is 5. The number of aryl methyl sites for hydroxylation is 1. The molecule has 0 amide bonds. The number of fused-ring (bicyclic) bond motifs is 1. The van der Waals surface area contributed by atoms with Crippen LogP contribution in [-0.2, 0) is 0 Å². The van der Waals surface area contributed by atoms with Gasteiger partial charge in [-0.15, -0.1) is 11.3 Å². The van der Waals surface area contributed by atoms with Crippen molar-refractivity contribution in [2.45, 2.75) is 6.92 Å². The van der Waals surface area contributed by atoms with E-state index in [1.165, 1.54) is 0 Å². The van der Waals surface area contributed by atoms with Crippen LogP contribution in [0, 0.1) is 6.92 Å². The Morgan fingerprint density at radius 3 is 2.41 bits per heavy atom. The standard InChI is InChI=1S/C25H17Cl2N3OS/c1-15-22(16-7-9-17(26)10-8-16)23-24(28-14-29-25(23)32-15)30-20-13-18(27)11-12-21(20)31-19-5-3-2-4-6-19/h2-14H,1H3,(H,28,29,30). The van der Waals surface area contributed by atoms with E-state index in [-0.39, 0.29) is 0 Å². The van der Waals surface area contributed by atoms with Crippen molar-refractivity contribution in [2.24, 2.45) is 0 Å². The second kappa shape index (κ2) is 8.79. The molecule has 5 rings (SSSR count). The zero-order valence-corrected chi connectivity index (χ0v) is 19.3. The maximum atomic E-state index is 6.31. The van der Waals surface area contributed by atoms with Crippen molar-refractivity contribution >= 4 is 56.3 Å². The van der Waals surface area contributed by atoms with E-state index in [9.17, 15) is 0 Å². The number of anilines is 2. The molecule has 0 unspecified atom stereocenters. The second-order valence-electron chi connectivity index (χ2n) is 7.12. The minimum atomic E-state index is 0.595. The third kappa shape index (κ3) is 4.15. The van der Waals surface area contributed by atoms with Crippen molar-refractivity contribution in [3.05, 3.63) is 94.0 Å². The summed E-state index contributed by atoms with van der Waals surface area (Å²) in [6.07, 6.45) is 1.56. The van der Waals surface area contributed by atoms with Crippen LogP contribution in [0.2, 0.25) is 10.0 Å². The lowest BCUT2D eigenvalue weighted by Gasteiger charge is -2.14. The molecule has 3 aromatic carbocycles. The van der Waals surface area contributed by atoms with Gasteiger partial charge in [-0.1, -0.05) is 53.5 Å². The molecule has 0 aliphatic carbocycles. The third-order valence-corrected chi connectivity index (χ3v) is 6.46. The zero-order chi connectivity index (χ0) is 22.1. The van der Waals surface area contributed by atoms with Gasteiger partial charge < -0.3 is 10.1 Å². The molecule has 0 atom stereocenters. The number of aromatic nitrogens is 2. The Balaban J connectivity index is 1.61. The lowest BCUT2D eigenvalue weighted by molar-refractivity contribution is 0.485. The summed E-state index contributed by atoms with van der Waals surface area (Å²) >= 11 is 14.1. The van der Waals surface area contributed by atoms with Crippen LogP contribution in [0.25, 0.3) is 21.3 Å². The van der Waals surface area contributed by atoms with Gasteiger partial charge in [0.1, 0.15) is 22.7 Å². The summed E-state index contributed by atoms with van der Waals surface area (Å²) < 4.78 is 6.11. The van der Waals surface area contributed by atoms with E-state index in [2.05, 4.69) is 22.2 Å². The zero-order valence-electron chi connectivity index (χ0n) is 17.0. The molecule has 32 heavy (non-hydrogen) atoms. The highest BCUT2D eigenvalue weighted by atomic mass is 35.5. The van der Waals surface area contributed by atoms with Crippen molar-refractivity contribution in [1.82, 2.24) is 9.97 Å². The number of ether oxygens (including phenoxy) is 1. The van der Waals surface area contributed by atoms with Crippen LogP contribution in [0.3, 0.4) is 0 Å². The Morgan fingerprint density at radius 1 is 0.875 bits per heavy atom. The minimum Gasteiger partial charge on any atom is -0.455 e. The maximum absolute atomic E-state index is 6.31. The van der Waals surface area contributed by atoms with Gasteiger partial charge >= 0.3 is 0 Å². The fourth-order valence-corrected chi connectivity index (χ4v) is 4.85. The maximum Gasteiger partial charge on any atom is 0.151 e. The first-order chi connectivity index (χ1) is 15.6. The normalized spacial score (nSPS) is 11.0. The number of hydrogen-bond acceptors (Lipinski definition) is 5. The van der Waals surface area contributed by atoms with Gasteiger partial charge in [-0.3, -0.25) is 0 Å². The summed E-state index contributed by atoms with van der Waals surface area (Å²) in [6, 6.07) is 22.9. The molecule has 2 heterocycles. The van der Waals surface area contributed by atoms with E-state index in [0.29, 0.717) is 27.3 Å². The number of nitrogens with one attached hydrogen (secondary N) is 1. The van der Waals surface area contributed by atoms with Gasteiger partial charge in [-0.25, -0.2) is 9.97 Å². The molecule has 0 bridgehead atoms. The minimum absolute atomic E-state index is 0.595. The van der Waals surface area contributed by atoms with Crippen LogP contribution in [0.15, 0.2) is 79.1 Å². The Labute approximate surface area is 199 Å². The summed E-state index contributed by atoms with van der Waals surface area (Å²) in [5.74, 6) is 2.07. The van der Waals surface area contributed by atoms with Gasteiger partial charge in [-0.2, -0.15) is 0 Å². The average molecular weight is 478 g/mol. The number of halogens is 2. The van der Waals surface area contributed by atoms with Crippen molar-refractivity contribution in [3.63, 3.8) is 0 Å². The van der Waals surface area contributed by atoms with Crippen molar-refractivity contribution < 1.29 is 4.74 Å². The molecular weight excluding hydrogens is 461 g/mol. The van der Waals surface area contributed by atoms with Gasteiger partial charge in [0.05, 0.1) is 11.1 Å². The molecule has 158 valence electrons. The fourth-order valence-electron chi connectivity index (χ4n) is 3.54. The third-order valence-electron chi connectivity index (χ3n) is 4.96. The average Bonchev–Trinajstić information content (AvgIpc) is 3.14. The molecule has 1 N–H and O–H groups in total. The first kappa shape index (κ1) is 20.8. The number of thiophene rings is 1. The Kier molecular flexibility index (Phi) is 5.70. The van der Waals surface area contributed by atoms with Crippen LogP contribution >= 0.6 is 34.5 Å². The lowest BCUT2D eigenvalue weighted by atomic mass is 10.0. The van der Waals surface area contributed by atoms with E-state index in [1.54, 1.807) is 23.7 Å².